The van der Waals surface area contributed by atoms with Gasteiger partial charge < -0.3 is 5.73 Å². The molecule has 0 fully saturated rings. The quantitative estimate of drug-likeness (QED) is 0.714. The van der Waals surface area contributed by atoms with Crippen LogP contribution in [-0.2, 0) is 0 Å². The van der Waals surface area contributed by atoms with Crippen LogP contribution in [0, 0.1) is 18.3 Å². The molecule has 3 rings (SSSR count). The van der Waals surface area contributed by atoms with Crippen molar-refractivity contribution < 1.29 is 0 Å². The molecule has 3 heterocycles. The smallest absolute Gasteiger partial charge is 0.168 e. The van der Waals surface area contributed by atoms with Crippen LogP contribution >= 0.6 is 11.3 Å². The topological polar surface area (TPSA) is 93.4 Å². The summed E-state index contributed by atoms with van der Waals surface area (Å²) in [5, 5.41) is 15.8. The summed E-state index contributed by atoms with van der Waals surface area (Å²) in [6.45, 7) is 1.81. The summed E-state index contributed by atoms with van der Waals surface area (Å²) in [5.74, 6) is 1.55. The van der Waals surface area contributed by atoms with E-state index in [1.807, 2.05) is 24.4 Å². The van der Waals surface area contributed by atoms with Gasteiger partial charge in [-0.2, -0.15) is 15.0 Å². The van der Waals surface area contributed by atoms with E-state index in [1.54, 1.807) is 0 Å². The average molecular weight is 256 g/mol. The first-order valence-electron chi connectivity index (χ1n) is 5.16. The molecule has 18 heavy (non-hydrogen) atoms. The third kappa shape index (κ3) is 1.43. The van der Waals surface area contributed by atoms with Gasteiger partial charge >= 0.3 is 0 Å². The van der Waals surface area contributed by atoms with E-state index < -0.39 is 0 Å². The summed E-state index contributed by atoms with van der Waals surface area (Å²) in [6.07, 6.45) is 1.44. The predicted octanol–water partition coefficient (Wildman–Crippen LogP) is 1.64. The first-order valence-corrected chi connectivity index (χ1v) is 6.04. The molecule has 88 valence electrons. The van der Waals surface area contributed by atoms with Crippen LogP contribution in [-0.4, -0.2) is 19.7 Å². The summed E-state index contributed by atoms with van der Waals surface area (Å²) in [5.41, 5.74) is 6.22. The van der Waals surface area contributed by atoms with Crippen LogP contribution in [0.15, 0.2) is 17.6 Å². The molecule has 2 N–H and O–H groups in total. The van der Waals surface area contributed by atoms with E-state index in [0.29, 0.717) is 23.0 Å². The van der Waals surface area contributed by atoms with E-state index in [0.717, 1.165) is 10.2 Å². The van der Waals surface area contributed by atoms with Crippen molar-refractivity contribution in [1.82, 2.24) is 19.7 Å². The second-order valence-corrected chi connectivity index (χ2v) is 4.60. The minimum Gasteiger partial charge on any atom is -0.382 e. The van der Waals surface area contributed by atoms with Gasteiger partial charge in [-0.1, -0.05) is 0 Å². The van der Waals surface area contributed by atoms with Gasteiger partial charge in [-0.3, -0.25) is 0 Å². The molecule has 7 heteroatoms. The van der Waals surface area contributed by atoms with Crippen molar-refractivity contribution in [1.29, 1.82) is 5.26 Å². The van der Waals surface area contributed by atoms with Gasteiger partial charge in [-0.15, -0.1) is 11.3 Å². The second-order valence-electron chi connectivity index (χ2n) is 3.70. The highest BCUT2D eigenvalue weighted by molar-refractivity contribution is 7.16. The molecule has 0 saturated carbocycles. The maximum absolute atomic E-state index is 8.89. The Morgan fingerprint density at radius 3 is 3.00 bits per heavy atom. The number of nitrogen functional groups attached to an aromatic ring is 1. The summed E-state index contributed by atoms with van der Waals surface area (Å²) < 4.78 is 1.47. The molecule has 0 amide bonds. The van der Waals surface area contributed by atoms with Crippen molar-refractivity contribution in [3.8, 4) is 11.9 Å². The molecule has 0 unspecified atom stereocenters. The third-order valence-electron chi connectivity index (χ3n) is 2.54. The van der Waals surface area contributed by atoms with Gasteiger partial charge in [0, 0.05) is 0 Å². The number of hydrogen-bond donors (Lipinski definition) is 1. The predicted molar refractivity (Wildman–Crippen MR) is 68.4 cm³/mol. The second kappa shape index (κ2) is 3.78. The van der Waals surface area contributed by atoms with E-state index >= 15 is 0 Å². The number of hydrogen-bond acceptors (Lipinski definition) is 6. The van der Waals surface area contributed by atoms with E-state index in [9.17, 15) is 0 Å². The number of rotatable bonds is 1. The van der Waals surface area contributed by atoms with Gasteiger partial charge in [0.05, 0.1) is 11.6 Å². The Kier molecular flexibility index (Phi) is 2.25. The average Bonchev–Trinajstić information content (AvgIpc) is 2.94. The number of fused-ring (bicyclic) bond motifs is 1. The number of aromatic nitrogens is 4. The molecule has 0 saturated heterocycles. The van der Waals surface area contributed by atoms with Crippen LogP contribution in [0.3, 0.4) is 0 Å². The van der Waals surface area contributed by atoms with Gasteiger partial charge in [0.2, 0.25) is 0 Å². The van der Waals surface area contributed by atoms with Crippen molar-refractivity contribution in [2.45, 2.75) is 6.92 Å². The highest BCUT2D eigenvalue weighted by Gasteiger charge is 2.14. The Balaban J connectivity index is 2.34. The molecule has 0 aliphatic heterocycles. The van der Waals surface area contributed by atoms with Crippen molar-refractivity contribution in [2.75, 3.05) is 5.73 Å². The molecule has 0 radical (unpaired) electrons. The number of thiophene rings is 1. The molecule has 0 aromatic carbocycles. The number of nitrogens with two attached hydrogens (primary N) is 1. The Morgan fingerprint density at radius 1 is 1.44 bits per heavy atom. The zero-order valence-electron chi connectivity index (χ0n) is 9.45. The number of nitriles is 1. The monoisotopic (exact) mass is 256 g/mol. The summed E-state index contributed by atoms with van der Waals surface area (Å²) >= 11 is 1.53. The lowest BCUT2D eigenvalue weighted by atomic mass is 10.3. The fourth-order valence-corrected chi connectivity index (χ4v) is 2.52. The lowest BCUT2D eigenvalue weighted by Crippen LogP contribution is -2.06. The SMILES string of the molecule is Cc1nc(-n2ncc(C#N)c2N)c2ccsc2n1. The van der Waals surface area contributed by atoms with E-state index in [4.69, 9.17) is 11.0 Å². The summed E-state index contributed by atoms with van der Waals surface area (Å²) in [6, 6.07) is 3.91. The molecule has 0 aliphatic carbocycles. The van der Waals surface area contributed by atoms with Crippen LogP contribution in [0.4, 0.5) is 5.82 Å². The fraction of sp³-hybridized carbons (Fsp3) is 0.0909. The number of aryl methyl sites for hydroxylation is 1. The molecular weight excluding hydrogens is 248 g/mol. The zero-order chi connectivity index (χ0) is 12.7. The molecule has 3 aromatic rings. The Morgan fingerprint density at radius 2 is 2.28 bits per heavy atom. The Labute approximate surface area is 106 Å². The first-order chi connectivity index (χ1) is 8.70. The Bertz CT molecular complexity index is 779. The molecule has 0 aliphatic rings. The molecule has 3 aromatic heterocycles. The highest BCUT2D eigenvalue weighted by Crippen LogP contribution is 2.26. The molecule has 6 nitrogen and oxygen atoms in total. The van der Waals surface area contributed by atoms with E-state index in [-0.39, 0.29) is 0 Å². The summed E-state index contributed by atoms with van der Waals surface area (Å²) in [4.78, 5) is 9.58. The van der Waals surface area contributed by atoms with Gasteiger partial charge in [-0.25, -0.2) is 9.97 Å². The Hall–Kier alpha value is -2.46. The van der Waals surface area contributed by atoms with Crippen LogP contribution < -0.4 is 5.73 Å². The van der Waals surface area contributed by atoms with Crippen LogP contribution in [0.2, 0.25) is 0 Å². The highest BCUT2D eigenvalue weighted by atomic mass is 32.1. The maximum Gasteiger partial charge on any atom is 0.168 e. The van der Waals surface area contributed by atoms with E-state index in [1.165, 1.54) is 22.2 Å². The van der Waals surface area contributed by atoms with Gasteiger partial charge in [0.25, 0.3) is 0 Å². The number of nitrogens with zero attached hydrogens (tertiary/aromatic N) is 5. The van der Waals surface area contributed by atoms with Gasteiger partial charge in [0.15, 0.2) is 5.82 Å². The first kappa shape index (κ1) is 10.7. The standard InChI is InChI=1S/C11H8N6S/c1-6-15-10(8-2-3-18-11(8)16-6)17-9(13)7(4-12)5-14-17/h2-3,5H,13H2,1H3. The largest absolute Gasteiger partial charge is 0.382 e. The van der Waals surface area contributed by atoms with Crippen LogP contribution in [0.25, 0.3) is 16.0 Å². The zero-order valence-corrected chi connectivity index (χ0v) is 10.3. The minimum atomic E-state index is 0.295. The van der Waals surface area contributed by atoms with Crippen LogP contribution in [0.1, 0.15) is 11.4 Å². The fourth-order valence-electron chi connectivity index (χ4n) is 1.72. The minimum absolute atomic E-state index is 0.295. The number of anilines is 1. The summed E-state index contributed by atoms with van der Waals surface area (Å²) in [7, 11) is 0. The lowest BCUT2D eigenvalue weighted by molar-refractivity contribution is 0.852. The van der Waals surface area contributed by atoms with Crippen molar-refractivity contribution in [2.24, 2.45) is 0 Å². The van der Waals surface area contributed by atoms with E-state index in [2.05, 4.69) is 15.1 Å². The van der Waals surface area contributed by atoms with Gasteiger partial charge in [0.1, 0.15) is 28.1 Å². The van der Waals surface area contributed by atoms with Crippen molar-refractivity contribution in [3.63, 3.8) is 0 Å². The molecule has 0 atom stereocenters. The molecule has 0 bridgehead atoms. The van der Waals surface area contributed by atoms with Gasteiger partial charge in [-0.05, 0) is 18.4 Å². The van der Waals surface area contributed by atoms with Crippen molar-refractivity contribution in [3.05, 3.63) is 29.0 Å². The lowest BCUT2D eigenvalue weighted by Gasteiger charge is -2.05. The molecule has 0 spiro atoms. The maximum atomic E-state index is 8.89. The molecular formula is C11H8N6S. The van der Waals surface area contributed by atoms with Crippen LogP contribution in [0.5, 0.6) is 0 Å². The third-order valence-corrected chi connectivity index (χ3v) is 3.35. The normalized spacial score (nSPS) is 10.7. The van der Waals surface area contributed by atoms with Crippen molar-refractivity contribution >= 4 is 27.4 Å².